The standard InChI is InChI=1S/C28H34FN5O2.C4H10.C2H6/c1-4-6-7-16-36-23-17-24(29)26(25(18-23)31-5-2)20(3)33-21-8-10-22(11-9-21)34-27(35)32-15-14-28(19-30)12-13-28;1-3-4-2;1-2/h5,8-11,17-18,33H,3-4,6-7,12-16H2,1-2H3,(H2,32,34,35);3-4H2,1-2H3;1-2H3. The third-order valence-corrected chi connectivity index (χ3v) is 6.55. The predicted molar refractivity (Wildman–Crippen MR) is 175 cm³/mol. The first kappa shape index (κ1) is 36.2. The van der Waals surface area contributed by atoms with Gasteiger partial charge in [-0.25, -0.2) is 9.18 Å². The number of ether oxygens (including phenoxy) is 1. The molecule has 0 radical (unpaired) electrons. The molecule has 1 aliphatic carbocycles. The van der Waals surface area contributed by atoms with E-state index in [1.54, 1.807) is 43.5 Å². The lowest BCUT2D eigenvalue weighted by atomic mass is 10.1. The van der Waals surface area contributed by atoms with E-state index in [0.717, 1.165) is 32.1 Å². The van der Waals surface area contributed by atoms with Crippen LogP contribution in [0.1, 0.15) is 98.5 Å². The number of carbonyl (C=O) groups is 1. The van der Waals surface area contributed by atoms with Crippen molar-refractivity contribution in [3.05, 3.63) is 54.4 Å². The fourth-order valence-electron chi connectivity index (χ4n) is 3.77. The Bertz CT molecular complexity index is 1170. The highest BCUT2D eigenvalue weighted by molar-refractivity contribution is 5.90. The number of unbranched alkanes of at least 4 members (excludes halogenated alkanes) is 3. The molecule has 2 amide bonds. The van der Waals surface area contributed by atoms with Crippen LogP contribution in [-0.2, 0) is 0 Å². The van der Waals surface area contributed by atoms with Crippen LogP contribution >= 0.6 is 0 Å². The molecule has 8 heteroatoms. The van der Waals surface area contributed by atoms with Gasteiger partial charge in [-0.2, -0.15) is 5.26 Å². The number of benzene rings is 2. The van der Waals surface area contributed by atoms with Crippen LogP contribution in [0.15, 0.2) is 48.0 Å². The number of nitriles is 1. The van der Waals surface area contributed by atoms with Crippen molar-refractivity contribution in [1.29, 1.82) is 5.26 Å². The largest absolute Gasteiger partial charge is 0.493 e. The molecule has 1 saturated carbocycles. The number of nitrogens with one attached hydrogen (secondary N) is 3. The van der Waals surface area contributed by atoms with Crippen molar-refractivity contribution in [2.75, 3.05) is 23.8 Å². The molecule has 3 rings (SSSR count). The van der Waals surface area contributed by atoms with Gasteiger partial charge in [0.05, 0.1) is 29.3 Å². The number of halogens is 1. The zero-order chi connectivity index (χ0) is 31.4. The van der Waals surface area contributed by atoms with Crippen LogP contribution in [0.5, 0.6) is 5.75 Å². The Morgan fingerprint density at radius 3 is 2.21 bits per heavy atom. The lowest BCUT2D eigenvalue weighted by Crippen LogP contribution is -2.30. The molecule has 7 nitrogen and oxygen atoms in total. The lowest BCUT2D eigenvalue weighted by Gasteiger charge is -2.15. The van der Waals surface area contributed by atoms with E-state index < -0.39 is 5.82 Å². The third kappa shape index (κ3) is 12.8. The van der Waals surface area contributed by atoms with Gasteiger partial charge < -0.3 is 20.7 Å². The van der Waals surface area contributed by atoms with Crippen LogP contribution in [0, 0.1) is 22.6 Å². The van der Waals surface area contributed by atoms with Crippen molar-refractivity contribution in [3.8, 4) is 11.8 Å². The topological polar surface area (TPSA) is 98.5 Å². The molecule has 2 aromatic carbocycles. The minimum Gasteiger partial charge on any atom is -0.493 e. The van der Waals surface area contributed by atoms with E-state index in [4.69, 9.17) is 10.00 Å². The van der Waals surface area contributed by atoms with E-state index >= 15 is 4.39 Å². The Balaban J connectivity index is 0.00000135. The van der Waals surface area contributed by atoms with Gasteiger partial charge in [0.15, 0.2) is 0 Å². The molecule has 0 aliphatic heterocycles. The highest BCUT2D eigenvalue weighted by Crippen LogP contribution is 2.47. The van der Waals surface area contributed by atoms with Gasteiger partial charge in [-0.05, 0) is 56.9 Å². The Morgan fingerprint density at radius 1 is 1.07 bits per heavy atom. The molecular weight excluding hydrogens is 529 g/mol. The highest BCUT2D eigenvalue weighted by atomic mass is 19.1. The van der Waals surface area contributed by atoms with Crippen LogP contribution in [0.2, 0.25) is 0 Å². The summed E-state index contributed by atoms with van der Waals surface area (Å²) in [5.74, 6) is -0.0326. The van der Waals surface area contributed by atoms with E-state index in [1.807, 2.05) is 13.8 Å². The summed E-state index contributed by atoms with van der Waals surface area (Å²) in [6, 6.07) is 12.1. The fourth-order valence-corrected chi connectivity index (χ4v) is 3.77. The van der Waals surface area contributed by atoms with Crippen molar-refractivity contribution in [2.45, 2.75) is 92.9 Å². The number of nitrogens with zero attached hydrogens (tertiary/aromatic N) is 2. The zero-order valence-electron chi connectivity index (χ0n) is 26.4. The number of aliphatic imine (C=N–C) groups is 1. The SMILES string of the molecule is C=C(Nc1ccc(NC(=O)NCCC2(C#N)CC2)cc1)c1c(F)cc(OCCCCC)cc1N=CC.CC.CCCC. The maximum absolute atomic E-state index is 15.0. The lowest BCUT2D eigenvalue weighted by molar-refractivity contribution is 0.251. The maximum Gasteiger partial charge on any atom is 0.319 e. The second-order valence-electron chi connectivity index (χ2n) is 9.95. The second-order valence-corrected chi connectivity index (χ2v) is 9.95. The minimum absolute atomic E-state index is 0.243. The first-order valence-electron chi connectivity index (χ1n) is 15.3. The van der Waals surface area contributed by atoms with Crippen LogP contribution in [0.25, 0.3) is 5.70 Å². The monoisotopic (exact) mass is 579 g/mol. The van der Waals surface area contributed by atoms with Crippen LogP contribution in [-0.4, -0.2) is 25.4 Å². The van der Waals surface area contributed by atoms with Gasteiger partial charge in [-0.3, -0.25) is 4.99 Å². The smallest absolute Gasteiger partial charge is 0.319 e. The Morgan fingerprint density at radius 2 is 1.69 bits per heavy atom. The van der Waals surface area contributed by atoms with E-state index in [0.29, 0.717) is 48.1 Å². The van der Waals surface area contributed by atoms with Crippen LogP contribution < -0.4 is 20.7 Å². The molecule has 0 saturated heterocycles. The number of hydrogen-bond donors (Lipinski definition) is 3. The van der Waals surface area contributed by atoms with Gasteiger partial charge in [-0.1, -0.05) is 66.9 Å². The number of rotatable bonds is 14. The molecule has 0 aromatic heterocycles. The molecule has 1 aliphatic rings. The predicted octanol–water partition coefficient (Wildman–Crippen LogP) is 9.85. The summed E-state index contributed by atoms with van der Waals surface area (Å²) in [7, 11) is 0. The summed E-state index contributed by atoms with van der Waals surface area (Å²) in [6.07, 6.45) is 9.76. The Kier molecular flexibility index (Phi) is 17.3. The average molecular weight is 580 g/mol. The van der Waals surface area contributed by atoms with Gasteiger partial charge in [-0.15, -0.1) is 0 Å². The summed E-state index contributed by atoms with van der Waals surface area (Å²) in [4.78, 5) is 16.4. The first-order chi connectivity index (χ1) is 20.3. The number of amides is 2. The van der Waals surface area contributed by atoms with Crippen LogP contribution in [0.4, 0.5) is 26.2 Å². The normalized spacial score (nSPS) is 12.5. The van der Waals surface area contributed by atoms with Gasteiger partial charge in [0.25, 0.3) is 0 Å². The molecule has 230 valence electrons. The molecule has 42 heavy (non-hydrogen) atoms. The summed E-state index contributed by atoms with van der Waals surface area (Å²) >= 11 is 0. The van der Waals surface area contributed by atoms with Gasteiger partial charge in [0.2, 0.25) is 0 Å². The van der Waals surface area contributed by atoms with Crippen molar-refractivity contribution >= 4 is 35.0 Å². The average Bonchev–Trinajstić information content (AvgIpc) is 3.77. The summed E-state index contributed by atoms with van der Waals surface area (Å²) in [5.41, 5.74) is 2.10. The van der Waals surface area contributed by atoms with E-state index in [1.165, 1.54) is 18.9 Å². The molecule has 2 aromatic rings. The quantitative estimate of drug-likeness (QED) is 0.153. The number of urea groups is 1. The maximum atomic E-state index is 15.0. The first-order valence-corrected chi connectivity index (χ1v) is 15.3. The molecule has 0 bridgehead atoms. The van der Waals surface area contributed by atoms with Crippen molar-refractivity contribution in [3.63, 3.8) is 0 Å². The summed E-state index contributed by atoms with van der Waals surface area (Å²) < 4.78 is 20.8. The Labute approximate surface area is 252 Å². The highest BCUT2D eigenvalue weighted by Gasteiger charge is 2.42. The van der Waals surface area contributed by atoms with Crippen molar-refractivity contribution < 1.29 is 13.9 Å². The molecule has 0 unspecified atom stereocenters. The van der Waals surface area contributed by atoms with Crippen LogP contribution in [0.3, 0.4) is 0 Å². The summed E-state index contributed by atoms with van der Waals surface area (Å²) in [5, 5.41) is 17.8. The van der Waals surface area contributed by atoms with Crippen molar-refractivity contribution in [2.24, 2.45) is 10.4 Å². The number of carbonyl (C=O) groups excluding carboxylic acids is 1. The third-order valence-electron chi connectivity index (χ3n) is 6.55. The van der Waals surface area contributed by atoms with E-state index in [-0.39, 0.29) is 17.0 Å². The van der Waals surface area contributed by atoms with E-state index in [9.17, 15) is 4.79 Å². The molecule has 0 atom stereocenters. The summed E-state index contributed by atoms with van der Waals surface area (Å²) in [6.45, 7) is 17.2. The van der Waals surface area contributed by atoms with Crippen molar-refractivity contribution in [1.82, 2.24) is 5.32 Å². The Hall–Kier alpha value is -3.86. The molecule has 1 fully saturated rings. The fraction of sp³-hybridized carbons (Fsp3) is 0.500. The molecule has 0 heterocycles. The molecular formula is C34H50FN5O2. The van der Waals surface area contributed by atoms with Gasteiger partial charge >= 0.3 is 6.03 Å². The molecule has 0 spiro atoms. The molecule has 3 N–H and O–H groups in total. The van der Waals surface area contributed by atoms with Gasteiger partial charge in [0, 0.05) is 42.0 Å². The second kappa shape index (κ2) is 20.1. The number of hydrogen-bond acceptors (Lipinski definition) is 5. The number of anilines is 2. The zero-order valence-corrected chi connectivity index (χ0v) is 26.4. The van der Waals surface area contributed by atoms with Gasteiger partial charge in [0.1, 0.15) is 11.6 Å². The minimum atomic E-state index is -0.472. The van der Waals surface area contributed by atoms with E-state index in [2.05, 4.69) is 54.4 Å².